The normalized spacial score (nSPS) is 11.8. The van der Waals surface area contributed by atoms with E-state index in [0.29, 0.717) is 17.5 Å². The van der Waals surface area contributed by atoms with Crippen molar-refractivity contribution in [2.24, 2.45) is 0 Å². The molecule has 14 rings (SSSR count). The predicted molar refractivity (Wildman–Crippen MR) is 289 cm³/mol. The van der Waals surface area contributed by atoms with E-state index < -0.39 is 0 Å². The molecule has 0 aliphatic rings. The molecule has 4 aromatic heterocycles. The summed E-state index contributed by atoms with van der Waals surface area (Å²) in [7, 11) is 0. The summed E-state index contributed by atoms with van der Waals surface area (Å²) >= 11 is 1.86. The van der Waals surface area contributed by atoms with Crippen molar-refractivity contribution >= 4 is 75.1 Å². The maximum atomic E-state index is 5.02. The molecule has 14 aromatic rings. The molecule has 6 heteroatoms. The summed E-state index contributed by atoms with van der Waals surface area (Å²) in [6.45, 7) is 0. The zero-order valence-corrected chi connectivity index (χ0v) is 38.0. The molecule has 0 radical (unpaired) electrons. The van der Waals surface area contributed by atoms with E-state index >= 15 is 0 Å². The smallest absolute Gasteiger partial charge is 0.164 e. The molecule has 0 aliphatic heterocycles. The number of aromatic nitrogens is 5. The van der Waals surface area contributed by atoms with Gasteiger partial charge in [-0.2, -0.15) is 0 Å². The van der Waals surface area contributed by atoms with Crippen LogP contribution >= 0.6 is 11.3 Å². The molecule has 0 fully saturated rings. The second kappa shape index (κ2) is 15.8. The number of benzene rings is 10. The quantitative estimate of drug-likeness (QED) is 0.160. The number of hydrogen-bond donors (Lipinski definition) is 0. The van der Waals surface area contributed by atoms with Crippen molar-refractivity contribution in [3.63, 3.8) is 0 Å². The highest BCUT2D eigenvalue weighted by Gasteiger charge is 2.18. The average Bonchev–Trinajstić information content (AvgIpc) is 4.08. The first kappa shape index (κ1) is 39.2. The lowest BCUT2D eigenvalue weighted by Crippen LogP contribution is -2.00. The van der Waals surface area contributed by atoms with Crippen LogP contribution in [0.3, 0.4) is 0 Å². The fraction of sp³-hybridized carbons (Fsp3) is 0. The molecule has 0 N–H and O–H groups in total. The number of hydrogen-bond acceptors (Lipinski definition) is 4. The van der Waals surface area contributed by atoms with Crippen molar-refractivity contribution in [3.8, 4) is 67.8 Å². The molecule has 4 heterocycles. The molecule has 0 bridgehead atoms. The Morgan fingerprint density at radius 1 is 0.246 bits per heavy atom. The van der Waals surface area contributed by atoms with Crippen LogP contribution in [0, 0.1) is 0 Å². The first-order valence-electron chi connectivity index (χ1n) is 23.3. The lowest BCUT2D eigenvalue weighted by molar-refractivity contribution is 1.07. The van der Waals surface area contributed by atoms with Crippen LogP contribution in [0.1, 0.15) is 0 Å². The van der Waals surface area contributed by atoms with E-state index in [9.17, 15) is 0 Å². The lowest BCUT2D eigenvalue weighted by Gasteiger charge is -2.12. The van der Waals surface area contributed by atoms with Crippen molar-refractivity contribution in [2.75, 3.05) is 0 Å². The molecule has 0 saturated heterocycles. The third kappa shape index (κ3) is 6.56. The van der Waals surface area contributed by atoms with Crippen molar-refractivity contribution in [1.82, 2.24) is 24.1 Å². The largest absolute Gasteiger partial charge is 0.309 e. The second-order valence-corrected chi connectivity index (χ2v) is 18.7. The molecule has 0 atom stereocenters. The Balaban J connectivity index is 0.850. The molecule has 5 nitrogen and oxygen atoms in total. The van der Waals surface area contributed by atoms with Gasteiger partial charge in [-0.25, -0.2) is 15.0 Å². The van der Waals surface area contributed by atoms with Gasteiger partial charge in [0.2, 0.25) is 0 Å². The Morgan fingerprint density at radius 2 is 0.681 bits per heavy atom. The minimum atomic E-state index is 0.633. The van der Waals surface area contributed by atoms with Gasteiger partial charge in [0, 0.05) is 69.8 Å². The summed E-state index contributed by atoms with van der Waals surface area (Å²) in [4.78, 5) is 15.0. The van der Waals surface area contributed by atoms with Crippen LogP contribution in [0.15, 0.2) is 237 Å². The van der Waals surface area contributed by atoms with Gasteiger partial charge in [0.1, 0.15) is 0 Å². The zero-order chi connectivity index (χ0) is 45.4. The van der Waals surface area contributed by atoms with E-state index in [1.807, 2.05) is 72.0 Å². The summed E-state index contributed by atoms with van der Waals surface area (Å²) in [5.74, 6) is 1.92. The molecular weight excluding hydrogens is 859 g/mol. The summed E-state index contributed by atoms with van der Waals surface area (Å²) in [6.07, 6.45) is 0. The molecular formula is C63H39N5S. The third-order valence-electron chi connectivity index (χ3n) is 13.6. The van der Waals surface area contributed by atoms with Gasteiger partial charge in [0.05, 0.1) is 22.1 Å². The highest BCUT2D eigenvalue weighted by Crippen LogP contribution is 2.41. The van der Waals surface area contributed by atoms with E-state index in [2.05, 4.69) is 185 Å². The number of para-hydroxylation sites is 2. The van der Waals surface area contributed by atoms with Gasteiger partial charge in [-0.1, -0.05) is 158 Å². The molecule has 0 saturated carbocycles. The lowest BCUT2D eigenvalue weighted by atomic mass is 10.0. The Bertz CT molecular complexity index is 4260. The Kier molecular flexibility index (Phi) is 9.00. The fourth-order valence-corrected chi connectivity index (χ4v) is 11.4. The third-order valence-corrected chi connectivity index (χ3v) is 14.7. The van der Waals surface area contributed by atoms with E-state index in [1.165, 1.54) is 69.6 Å². The van der Waals surface area contributed by atoms with Crippen LogP contribution in [-0.4, -0.2) is 24.1 Å². The minimum Gasteiger partial charge on any atom is -0.309 e. The van der Waals surface area contributed by atoms with Crippen molar-refractivity contribution < 1.29 is 0 Å². The molecule has 69 heavy (non-hydrogen) atoms. The molecule has 10 aromatic carbocycles. The van der Waals surface area contributed by atoms with Gasteiger partial charge in [-0.3, -0.25) is 0 Å². The van der Waals surface area contributed by atoms with Crippen LogP contribution in [0.2, 0.25) is 0 Å². The molecule has 322 valence electrons. The summed E-state index contributed by atoms with van der Waals surface area (Å²) < 4.78 is 7.46. The van der Waals surface area contributed by atoms with Crippen LogP contribution in [0.4, 0.5) is 0 Å². The highest BCUT2D eigenvalue weighted by molar-refractivity contribution is 7.25. The van der Waals surface area contributed by atoms with Gasteiger partial charge >= 0.3 is 0 Å². The average molecular weight is 898 g/mol. The molecule has 0 aliphatic carbocycles. The SMILES string of the molecule is c1ccc(-c2nc(-c3ccccc3)nc(-c3cccc(-c4cccc(-n5c6ccccc6c6cc(-c7ccc8c(c7)c7ccccc7n8-c7ccc8sc9ccccc9c8c7)ccc65)c4)c3)n2)cc1. The number of thiophene rings is 1. The predicted octanol–water partition coefficient (Wildman–Crippen LogP) is 16.8. The van der Waals surface area contributed by atoms with Gasteiger partial charge in [0.25, 0.3) is 0 Å². The summed E-state index contributed by atoms with van der Waals surface area (Å²) in [5.41, 5.74) is 14.4. The van der Waals surface area contributed by atoms with Crippen LogP contribution in [0.25, 0.3) is 132 Å². The van der Waals surface area contributed by atoms with Crippen LogP contribution in [-0.2, 0) is 0 Å². The highest BCUT2D eigenvalue weighted by atomic mass is 32.1. The van der Waals surface area contributed by atoms with Gasteiger partial charge in [-0.15, -0.1) is 11.3 Å². The molecule has 0 unspecified atom stereocenters. The van der Waals surface area contributed by atoms with E-state index in [4.69, 9.17) is 15.0 Å². The Morgan fingerprint density at radius 3 is 1.30 bits per heavy atom. The van der Waals surface area contributed by atoms with Gasteiger partial charge in [0.15, 0.2) is 17.5 Å². The molecule has 0 spiro atoms. The zero-order valence-electron chi connectivity index (χ0n) is 37.2. The summed E-state index contributed by atoms with van der Waals surface area (Å²) in [5, 5.41) is 7.53. The molecule has 0 amide bonds. The fourth-order valence-electron chi connectivity index (χ4n) is 10.3. The Hall–Kier alpha value is -8.97. The number of rotatable bonds is 7. The van der Waals surface area contributed by atoms with Crippen molar-refractivity contribution in [3.05, 3.63) is 237 Å². The number of nitrogens with zero attached hydrogens (tertiary/aromatic N) is 5. The first-order valence-corrected chi connectivity index (χ1v) is 24.1. The van der Waals surface area contributed by atoms with Crippen LogP contribution in [0.5, 0.6) is 0 Å². The van der Waals surface area contributed by atoms with E-state index in [1.54, 1.807) is 0 Å². The van der Waals surface area contributed by atoms with Crippen molar-refractivity contribution in [1.29, 1.82) is 0 Å². The van der Waals surface area contributed by atoms with Crippen molar-refractivity contribution in [2.45, 2.75) is 0 Å². The Labute approximate surface area is 401 Å². The van der Waals surface area contributed by atoms with E-state index in [0.717, 1.165) is 44.5 Å². The van der Waals surface area contributed by atoms with Crippen LogP contribution < -0.4 is 0 Å². The second-order valence-electron chi connectivity index (χ2n) is 17.6. The van der Waals surface area contributed by atoms with Gasteiger partial charge < -0.3 is 9.13 Å². The first-order chi connectivity index (χ1) is 34.2. The topological polar surface area (TPSA) is 48.5 Å². The maximum absolute atomic E-state index is 5.02. The maximum Gasteiger partial charge on any atom is 0.164 e. The van der Waals surface area contributed by atoms with Gasteiger partial charge in [-0.05, 0) is 101 Å². The number of fused-ring (bicyclic) bond motifs is 9. The minimum absolute atomic E-state index is 0.633. The standard InChI is InChI=1S/C63H39N5S/c1-3-15-40(16-4-1)61-64-62(41-17-5-2-6-18-41)66-63(65-61)46-21-13-19-42(35-46)43-20-14-22-47(36-43)67-55-26-10-7-23-49(55)52-37-44(29-32-57(52)67)45-30-33-58-53(38-45)50-24-8-11-27-56(50)68(58)48-31-34-60-54(39-48)51-25-9-12-28-59(51)69-60/h1-39H. The van der Waals surface area contributed by atoms with E-state index in [-0.39, 0.29) is 0 Å². The monoisotopic (exact) mass is 897 g/mol. The summed E-state index contributed by atoms with van der Waals surface area (Å²) in [6, 6.07) is 84.7.